The first-order valence-corrected chi connectivity index (χ1v) is 7.06. The molecule has 0 aliphatic carbocycles. The fraction of sp³-hybridized carbons (Fsp3) is 0.333. The van der Waals surface area contributed by atoms with Crippen LogP contribution in [0, 0.1) is 11.3 Å². The molecular formula is C9H10N2O5S2. The molecule has 1 aromatic rings. The molecule has 0 saturated heterocycles. The second kappa shape index (κ2) is 5.92. The normalized spacial score (nSPS) is 12.9. The van der Waals surface area contributed by atoms with Crippen molar-refractivity contribution in [2.24, 2.45) is 0 Å². The van der Waals surface area contributed by atoms with Gasteiger partial charge < -0.3 is 10.2 Å². The van der Waals surface area contributed by atoms with Gasteiger partial charge >= 0.3 is 5.97 Å². The number of hydrogen-bond donors (Lipinski definition) is 3. The average molecular weight is 290 g/mol. The van der Waals surface area contributed by atoms with Gasteiger partial charge in [0, 0.05) is 6.61 Å². The van der Waals surface area contributed by atoms with Crippen LogP contribution in [-0.2, 0) is 14.8 Å². The third kappa shape index (κ3) is 3.51. The van der Waals surface area contributed by atoms with Gasteiger partial charge in [-0.2, -0.15) is 9.98 Å². The second-order valence-electron chi connectivity index (χ2n) is 3.25. The zero-order valence-electron chi connectivity index (χ0n) is 9.03. The van der Waals surface area contributed by atoms with Crippen LogP contribution in [0.5, 0.6) is 0 Å². The molecule has 7 nitrogen and oxygen atoms in total. The molecule has 0 bridgehead atoms. The van der Waals surface area contributed by atoms with Crippen molar-refractivity contribution in [1.82, 2.24) is 4.72 Å². The lowest BCUT2D eigenvalue weighted by molar-refractivity contribution is -0.139. The van der Waals surface area contributed by atoms with Crippen molar-refractivity contribution in [2.75, 3.05) is 6.61 Å². The van der Waals surface area contributed by atoms with Crippen molar-refractivity contribution in [3.63, 3.8) is 0 Å². The highest BCUT2D eigenvalue weighted by Gasteiger charge is 2.26. The lowest BCUT2D eigenvalue weighted by atomic mass is 10.2. The first kappa shape index (κ1) is 14.6. The number of thiophene rings is 1. The molecule has 1 heterocycles. The molecule has 1 atom stereocenters. The average Bonchev–Trinajstić information content (AvgIpc) is 2.77. The Morgan fingerprint density at radius 1 is 1.56 bits per heavy atom. The van der Waals surface area contributed by atoms with Crippen LogP contribution in [0.25, 0.3) is 0 Å². The van der Waals surface area contributed by atoms with Crippen LogP contribution in [0.4, 0.5) is 0 Å². The molecule has 9 heteroatoms. The van der Waals surface area contributed by atoms with Crippen LogP contribution in [0.1, 0.15) is 11.3 Å². The first-order valence-electron chi connectivity index (χ1n) is 4.76. The third-order valence-corrected chi connectivity index (χ3v) is 4.92. The summed E-state index contributed by atoms with van der Waals surface area (Å²) >= 11 is 0.745. The standard InChI is InChI=1S/C9H10N2O5S2/c10-5-6-1-2-8(17-6)18(15,16)11-7(3-4-12)9(13)14/h1-2,7,11-12H,3-4H2,(H,13,14). The van der Waals surface area contributed by atoms with Crippen molar-refractivity contribution >= 4 is 27.3 Å². The summed E-state index contributed by atoms with van der Waals surface area (Å²) in [6, 6.07) is 2.95. The Labute approximate surface area is 107 Å². The highest BCUT2D eigenvalue weighted by atomic mass is 32.2. The quantitative estimate of drug-likeness (QED) is 0.662. The topological polar surface area (TPSA) is 127 Å². The maximum Gasteiger partial charge on any atom is 0.321 e. The third-order valence-electron chi connectivity index (χ3n) is 1.97. The Kier molecular flexibility index (Phi) is 4.80. The van der Waals surface area contributed by atoms with E-state index in [9.17, 15) is 13.2 Å². The molecule has 98 valence electrons. The Balaban J connectivity index is 2.93. The summed E-state index contributed by atoms with van der Waals surface area (Å²) in [6.45, 7) is -0.451. The van der Waals surface area contributed by atoms with E-state index < -0.39 is 28.6 Å². The van der Waals surface area contributed by atoms with E-state index >= 15 is 0 Å². The Hall–Kier alpha value is -1.47. The van der Waals surface area contributed by atoms with E-state index in [4.69, 9.17) is 15.5 Å². The number of nitrogens with one attached hydrogen (secondary N) is 1. The smallest absolute Gasteiger partial charge is 0.321 e. The van der Waals surface area contributed by atoms with Crippen LogP contribution >= 0.6 is 11.3 Å². The van der Waals surface area contributed by atoms with Crippen LogP contribution < -0.4 is 4.72 Å². The van der Waals surface area contributed by atoms with Crippen molar-refractivity contribution in [2.45, 2.75) is 16.7 Å². The van der Waals surface area contributed by atoms with Crippen LogP contribution in [0.2, 0.25) is 0 Å². The number of aliphatic hydroxyl groups is 1. The number of sulfonamides is 1. The molecule has 18 heavy (non-hydrogen) atoms. The summed E-state index contributed by atoms with van der Waals surface area (Å²) in [5.74, 6) is -1.37. The largest absolute Gasteiger partial charge is 0.480 e. The van der Waals surface area contributed by atoms with Gasteiger partial charge in [-0.15, -0.1) is 11.3 Å². The zero-order valence-corrected chi connectivity index (χ0v) is 10.7. The summed E-state index contributed by atoms with van der Waals surface area (Å²) in [4.78, 5) is 11.0. The summed E-state index contributed by atoms with van der Waals surface area (Å²) in [7, 11) is -3.99. The zero-order chi connectivity index (χ0) is 13.8. The molecule has 0 radical (unpaired) electrons. The van der Waals surface area contributed by atoms with Gasteiger partial charge in [0.05, 0.1) is 0 Å². The fourth-order valence-electron chi connectivity index (χ4n) is 1.13. The van der Waals surface area contributed by atoms with Crippen molar-refractivity contribution in [3.05, 3.63) is 17.0 Å². The van der Waals surface area contributed by atoms with E-state index in [0.29, 0.717) is 0 Å². The molecular weight excluding hydrogens is 280 g/mol. The maximum atomic E-state index is 11.8. The Bertz CT molecular complexity index is 572. The van der Waals surface area contributed by atoms with Crippen molar-refractivity contribution in [1.29, 1.82) is 5.26 Å². The van der Waals surface area contributed by atoms with Gasteiger partial charge in [0.15, 0.2) is 0 Å². The van der Waals surface area contributed by atoms with Crippen molar-refractivity contribution in [3.8, 4) is 6.07 Å². The molecule has 0 aliphatic heterocycles. The second-order valence-corrected chi connectivity index (χ2v) is 6.28. The number of hydrogen-bond acceptors (Lipinski definition) is 6. The molecule has 1 unspecified atom stereocenters. The van der Waals surface area contributed by atoms with Gasteiger partial charge in [0.2, 0.25) is 0 Å². The number of aliphatic hydroxyl groups excluding tert-OH is 1. The molecule has 1 rings (SSSR count). The number of nitrogens with zero attached hydrogens (tertiary/aromatic N) is 1. The van der Waals surface area contributed by atoms with E-state index in [1.165, 1.54) is 12.1 Å². The molecule has 3 N–H and O–H groups in total. The maximum absolute atomic E-state index is 11.8. The number of carbonyl (C=O) groups is 1. The number of aliphatic carboxylic acids is 1. The van der Waals surface area contributed by atoms with Gasteiger partial charge in [0.1, 0.15) is 21.2 Å². The predicted molar refractivity (Wildman–Crippen MR) is 62.5 cm³/mol. The van der Waals surface area contributed by atoms with Gasteiger partial charge in [-0.25, -0.2) is 8.42 Å². The lowest BCUT2D eigenvalue weighted by Gasteiger charge is -2.12. The van der Waals surface area contributed by atoms with E-state index in [1.54, 1.807) is 6.07 Å². The molecule has 0 spiro atoms. The number of nitriles is 1. The van der Waals surface area contributed by atoms with E-state index in [-0.39, 0.29) is 15.5 Å². The predicted octanol–water partition coefficient (Wildman–Crippen LogP) is -0.266. The van der Waals surface area contributed by atoms with Gasteiger partial charge in [-0.1, -0.05) is 0 Å². The SMILES string of the molecule is N#Cc1ccc(S(=O)(=O)NC(CCO)C(=O)O)s1. The highest BCUT2D eigenvalue weighted by Crippen LogP contribution is 2.21. The summed E-state index contributed by atoms with van der Waals surface area (Å²) in [6.07, 6.45) is -0.231. The monoisotopic (exact) mass is 290 g/mol. The van der Waals surface area contributed by atoms with Gasteiger partial charge in [-0.05, 0) is 18.6 Å². The molecule has 0 amide bonds. The Morgan fingerprint density at radius 2 is 2.22 bits per heavy atom. The molecule has 0 aromatic carbocycles. The van der Waals surface area contributed by atoms with Gasteiger partial charge in [0.25, 0.3) is 10.0 Å². The van der Waals surface area contributed by atoms with Crippen LogP contribution in [0.3, 0.4) is 0 Å². The fourth-order valence-corrected chi connectivity index (χ4v) is 3.48. The number of rotatable bonds is 6. The minimum absolute atomic E-state index is 0.136. The van der Waals surface area contributed by atoms with E-state index in [0.717, 1.165) is 11.3 Å². The van der Waals surface area contributed by atoms with Crippen molar-refractivity contribution < 1.29 is 23.4 Å². The summed E-state index contributed by atoms with van der Waals surface area (Å²) in [5.41, 5.74) is 0. The summed E-state index contributed by atoms with van der Waals surface area (Å²) in [5, 5.41) is 26.0. The van der Waals surface area contributed by atoms with E-state index in [1.807, 2.05) is 4.72 Å². The number of carboxylic acid groups (broad SMARTS) is 1. The molecule has 0 saturated carbocycles. The van der Waals surface area contributed by atoms with Gasteiger partial charge in [-0.3, -0.25) is 4.79 Å². The van der Waals surface area contributed by atoms with E-state index in [2.05, 4.69) is 0 Å². The molecule has 0 fully saturated rings. The summed E-state index contributed by atoms with van der Waals surface area (Å²) < 4.78 is 25.4. The van der Waals surface area contributed by atoms with Crippen LogP contribution in [-0.4, -0.2) is 37.2 Å². The highest BCUT2D eigenvalue weighted by molar-refractivity contribution is 7.91. The minimum Gasteiger partial charge on any atom is -0.480 e. The molecule has 0 aliphatic rings. The first-order chi connectivity index (χ1) is 8.40. The lowest BCUT2D eigenvalue weighted by Crippen LogP contribution is -2.41. The minimum atomic E-state index is -3.99. The Morgan fingerprint density at radius 3 is 2.67 bits per heavy atom. The van der Waals surface area contributed by atoms with Crippen LogP contribution in [0.15, 0.2) is 16.3 Å². The molecule has 1 aromatic heterocycles. The number of carboxylic acids is 1.